The van der Waals surface area contributed by atoms with E-state index in [1.807, 2.05) is 0 Å². The van der Waals surface area contributed by atoms with E-state index < -0.39 is 0 Å². The summed E-state index contributed by atoms with van der Waals surface area (Å²) in [7, 11) is 0. The van der Waals surface area contributed by atoms with Crippen LogP contribution in [0.5, 0.6) is 0 Å². The molecule has 0 bridgehead atoms. The molecule has 19 heavy (non-hydrogen) atoms. The number of rotatable bonds is 0. The lowest BCUT2D eigenvalue weighted by molar-refractivity contribution is 1.53. The molecule has 4 aromatic carbocycles. The van der Waals surface area contributed by atoms with Crippen LogP contribution in [0.3, 0.4) is 0 Å². The summed E-state index contributed by atoms with van der Waals surface area (Å²) in [6.07, 6.45) is 0. The van der Waals surface area contributed by atoms with Crippen LogP contribution in [0.1, 0.15) is 0 Å². The van der Waals surface area contributed by atoms with Gasteiger partial charge >= 0.3 is 0 Å². The Morgan fingerprint density at radius 3 is 2.00 bits per heavy atom. The van der Waals surface area contributed by atoms with Crippen molar-refractivity contribution >= 4 is 44.9 Å². The van der Waals surface area contributed by atoms with Gasteiger partial charge in [0.1, 0.15) is 0 Å². The predicted octanol–water partition coefficient (Wildman–Crippen LogP) is 5.43. The second-order valence-electron chi connectivity index (χ2n) is 4.85. The molecule has 0 fully saturated rings. The molecule has 1 heteroatoms. The Hall–Kier alpha value is -1.99. The van der Waals surface area contributed by atoms with Gasteiger partial charge in [0, 0.05) is 4.90 Å². The molecule has 0 heterocycles. The molecule has 0 nitrogen and oxygen atoms in total. The Balaban J connectivity index is 2.26. The Morgan fingerprint density at radius 1 is 0.526 bits per heavy atom. The van der Waals surface area contributed by atoms with E-state index in [-0.39, 0.29) is 0 Å². The minimum absolute atomic E-state index is 1.01. The minimum Gasteiger partial charge on any atom is -0.143 e. The van der Waals surface area contributed by atoms with Gasteiger partial charge in [-0.05, 0) is 44.5 Å². The molecule has 4 rings (SSSR count). The van der Waals surface area contributed by atoms with E-state index in [0.717, 1.165) is 4.90 Å². The second-order valence-corrected chi connectivity index (χ2v) is 5.37. The number of hydrogen-bond donors (Lipinski definition) is 1. The van der Waals surface area contributed by atoms with E-state index in [0.29, 0.717) is 0 Å². The van der Waals surface area contributed by atoms with Gasteiger partial charge in [-0.1, -0.05) is 54.6 Å². The largest absolute Gasteiger partial charge is 0.143 e. The molecular formula is C18H12S. The fourth-order valence-electron chi connectivity index (χ4n) is 2.82. The van der Waals surface area contributed by atoms with Gasteiger partial charge in [0.05, 0.1) is 0 Å². The fourth-order valence-corrected chi connectivity index (χ4v) is 3.03. The third kappa shape index (κ3) is 1.62. The van der Waals surface area contributed by atoms with Crippen molar-refractivity contribution in [2.45, 2.75) is 4.90 Å². The van der Waals surface area contributed by atoms with Crippen LogP contribution in [0.2, 0.25) is 0 Å². The first-order valence-electron chi connectivity index (χ1n) is 6.36. The molecule has 0 N–H and O–H groups in total. The van der Waals surface area contributed by atoms with Gasteiger partial charge in [-0.25, -0.2) is 0 Å². The molecule has 0 saturated heterocycles. The summed E-state index contributed by atoms with van der Waals surface area (Å²) in [6.45, 7) is 0. The monoisotopic (exact) mass is 260 g/mol. The van der Waals surface area contributed by atoms with Crippen molar-refractivity contribution in [2.75, 3.05) is 0 Å². The quantitative estimate of drug-likeness (QED) is 0.316. The van der Waals surface area contributed by atoms with E-state index >= 15 is 0 Å². The third-order valence-electron chi connectivity index (χ3n) is 3.73. The van der Waals surface area contributed by atoms with Crippen LogP contribution in [0, 0.1) is 0 Å². The molecular weight excluding hydrogens is 248 g/mol. The van der Waals surface area contributed by atoms with Crippen molar-refractivity contribution < 1.29 is 0 Å². The maximum absolute atomic E-state index is 4.41. The van der Waals surface area contributed by atoms with Gasteiger partial charge in [-0.15, -0.1) is 12.6 Å². The zero-order chi connectivity index (χ0) is 12.8. The van der Waals surface area contributed by atoms with Gasteiger partial charge in [0.2, 0.25) is 0 Å². The summed E-state index contributed by atoms with van der Waals surface area (Å²) >= 11 is 4.41. The number of fused-ring (bicyclic) bond motifs is 5. The zero-order valence-electron chi connectivity index (χ0n) is 10.3. The van der Waals surface area contributed by atoms with Crippen LogP contribution >= 0.6 is 12.6 Å². The van der Waals surface area contributed by atoms with Crippen LogP contribution in [-0.2, 0) is 0 Å². The van der Waals surface area contributed by atoms with E-state index in [1.165, 1.54) is 32.3 Å². The van der Waals surface area contributed by atoms with Crippen molar-refractivity contribution in [3.8, 4) is 0 Å². The first-order chi connectivity index (χ1) is 9.33. The molecule has 0 aliphatic heterocycles. The molecule has 0 radical (unpaired) electrons. The Morgan fingerprint density at radius 2 is 1.16 bits per heavy atom. The van der Waals surface area contributed by atoms with Crippen LogP contribution in [0.4, 0.5) is 0 Å². The maximum atomic E-state index is 4.41. The van der Waals surface area contributed by atoms with Crippen LogP contribution in [0.25, 0.3) is 32.3 Å². The number of benzene rings is 4. The average molecular weight is 260 g/mol. The molecule has 0 aromatic heterocycles. The highest BCUT2D eigenvalue weighted by atomic mass is 32.1. The highest BCUT2D eigenvalue weighted by Gasteiger charge is 2.04. The Kier molecular flexibility index (Phi) is 2.30. The maximum Gasteiger partial charge on any atom is 0.00463 e. The summed E-state index contributed by atoms with van der Waals surface area (Å²) in [5.74, 6) is 0. The number of hydrogen-bond acceptors (Lipinski definition) is 1. The summed E-state index contributed by atoms with van der Waals surface area (Å²) in [6, 6.07) is 23.7. The lowest BCUT2D eigenvalue weighted by Crippen LogP contribution is -1.80. The molecule has 90 valence electrons. The molecule has 0 spiro atoms. The van der Waals surface area contributed by atoms with Crippen molar-refractivity contribution in [1.82, 2.24) is 0 Å². The smallest absolute Gasteiger partial charge is 0.00463 e. The highest BCUT2D eigenvalue weighted by Crippen LogP contribution is 2.31. The molecule has 0 aliphatic rings. The lowest BCUT2D eigenvalue weighted by atomic mass is 9.97. The fraction of sp³-hybridized carbons (Fsp3) is 0. The highest BCUT2D eigenvalue weighted by molar-refractivity contribution is 7.80. The van der Waals surface area contributed by atoms with Gasteiger partial charge in [-0.3, -0.25) is 0 Å². The SMILES string of the molecule is Sc1ccc2c(ccc3c4ccccc4ccc23)c1. The van der Waals surface area contributed by atoms with Gasteiger partial charge in [0.15, 0.2) is 0 Å². The minimum atomic E-state index is 1.01. The van der Waals surface area contributed by atoms with Gasteiger partial charge in [-0.2, -0.15) is 0 Å². The van der Waals surface area contributed by atoms with Gasteiger partial charge < -0.3 is 0 Å². The normalized spacial score (nSPS) is 11.4. The summed E-state index contributed by atoms with van der Waals surface area (Å²) in [5.41, 5.74) is 0. The molecule has 0 amide bonds. The first kappa shape index (κ1) is 10.9. The summed E-state index contributed by atoms with van der Waals surface area (Å²) in [5, 5.41) is 7.77. The van der Waals surface area contributed by atoms with Crippen molar-refractivity contribution in [1.29, 1.82) is 0 Å². The van der Waals surface area contributed by atoms with Crippen molar-refractivity contribution in [3.05, 3.63) is 66.7 Å². The molecule has 0 unspecified atom stereocenters. The molecule has 0 saturated carbocycles. The lowest BCUT2D eigenvalue weighted by Gasteiger charge is -2.07. The second kappa shape index (κ2) is 4.01. The van der Waals surface area contributed by atoms with E-state index in [1.54, 1.807) is 0 Å². The van der Waals surface area contributed by atoms with Gasteiger partial charge in [0.25, 0.3) is 0 Å². The van der Waals surface area contributed by atoms with E-state index in [2.05, 4.69) is 79.4 Å². The van der Waals surface area contributed by atoms with Crippen molar-refractivity contribution in [2.24, 2.45) is 0 Å². The predicted molar refractivity (Wildman–Crippen MR) is 86.2 cm³/mol. The van der Waals surface area contributed by atoms with Crippen LogP contribution in [0.15, 0.2) is 71.6 Å². The summed E-state index contributed by atoms with van der Waals surface area (Å²) < 4.78 is 0. The standard InChI is InChI=1S/C18H12S/c19-14-7-10-16-13(11-14)6-9-17-15-4-2-1-3-12(15)5-8-18(16)17/h1-11,19H. The van der Waals surface area contributed by atoms with E-state index in [4.69, 9.17) is 0 Å². The van der Waals surface area contributed by atoms with Crippen LogP contribution < -0.4 is 0 Å². The Bertz CT molecular complexity index is 922. The van der Waals surface area contributed by atoms with E-state index in [9.17, 15) is 0 Å². The summed E-state index contributed by atoms with van der Waals surface area (Å²) in [4.78, 5) is 1.01. The van der Waals surface area contributed by atoms with Crippen LogP contribution in [-0.4, -0.2) is 0 Å². The zero-order valence-corrected chi connectivity index (χ0v) is 11.2. The van der Waals surface area contributed by atoms with Crippen molar-refractivity contribution in [3.63, 3.8) is 0 Å². The molecule has 4 aromatic rings. The first-order valence-corrected chi connectivity index (χ1v) is 6.81. The molecule has 0 atom stereocenters. The average Bonchev–Trinajstić information content (AvgIpc) is 2.46. The molecule has 0 aliphatic carbocycles. The number of thiol groups is 1. The Labute approximate surface area is 117 Å². The third-order valence-corrected chi connectivity index (χ3v) is 4.00. The topological polar surface area (TPSA) is 0 Å².